The Labute approximate surface area is 603 Å². The highest BCUT2D eigenvalue weighted by molar-refractivity contribution is 5.99. The Balaban J connectivity index is 0.000000430. The molecule has 6 aliphatic heterocycles. The largest absolute Gasteiger partial charge is 0.464 e. The van der Waals surface area contributed by atoms with Crippen LogP contribution in [0.1, 0.15) is 129 Å². The first kappa shape index (κ1) is 89.4. The molecule has 574 valence electrons. The summed E-state index contributed by atoms with van der Waals surface area (Å²) in [6, 6.07) is 6.88. The van der Waals surface area contributed by atoms with Gasteiger partial charge in [0, 0.05) is 59.3 Å². The molecule has 1 aromatic rings. The Hall–Kier alpha value is -11.7. The number of ether oxygens (including phenoxy) is 13. The number of esters is 14. The summed E-state index contributed by atoms with van der Waals surface area (Å²) in [5.74, 6) is -8.69. The van der Waals surface area contributed by atoms with Gasteiger partial charge in [-0.1, -0.05) is 71.5 Å². The summed E-state index contributed by atoms with van der Waals surface area (Å²) in [5, 5.41) is 10.0. The number of carbonyl (C=O) groups excluding carboxylic acids is 18. The van der Waals surface area contributed by atoms with E-state index in [4.69, 9.17) is 37.9 Å². The minimum atomic E-state index is -1.10. The van der Waals surface area contributed by atoms with Gasteiger partial charge in [0.15, 0.2) is 0 Å². The van der Waals surface area contributed by atoms with Crippen LogP contribution in [0.4, 0.5) is 0 Å². The Morgan fingerprint density at radius 1 is 0.457 bits per heavy atom. The average Bonchev–Trinajstić information content (AvgIpc) is 1.70. The number of rotatable bonds is 28. The van der Waals surface area contributed by atoms with E-state index in [1.54, 1.807) is 71.9 Å². The molecule has 0 saturated carbocycles. The highest BCUT2D eigenvalue weighted by atomic mass is 16.6. The van der Waals surface area contributed by atoms with Gasteiger partial charge in [0.25, 0.3) is 0 Å². The normalized spacial score (nSPS) is 18.8. The molecule has 6 saturated heterocycles. The molecule has 0 bridgehead atoms. The van der Waals surface area contributed by atoms with E-state index < -0.39 is 114 Å². The fourth-order valence-electron chi connectivity index (χ4n) is 7.91. The third-order valence-electron chi connectivity index (χ3n) is 13.7. The maximum Gasteiger partial charge on any atom is 0.355 e. The van der Waals surface area contributed by atoms with Gasteiger partial charge in [-0.15, -0.1) is 0 Å². The quantitative estimate of drug-likeness (QED) is 0.0306. The molecule has 6 fully saturated rings. The van der Waals surface area contributed by atoms with E-state index in [9.17, 15) is 86.3 Å². The zero-order valence-electron chi connectivity index (χ0n) is 59.4. The number of amides is 4. The Morgan fingerprint density at radius 2 is 0.876 bits per heavy atom. The number of hydrogen-bond donors (Lipinski definition) is 4. The predicted molar refractivity (Wildman–Crippen MR) is 358 cm³/mol. The van der Waals surface area contributed by atoms with E-state index >= 15 is 0 Å². The lowest BCUT2D eigenvalue weighted by molar-refractivity contribution is -0.163. The van der Waals surface area contributed by atoms with Crippen molar-refractivity contribution >= 4 is 113 Å². The maximum absolute atomic E-state index is 11.7. The third-order valence-corrected chi connectivity index (χ3v) is 13.7. The van der Waals surface area contributed by atoms with Gasteiger partial charge in [-0.2, -0.15) is 0 Å². The summed E-state index contributed by atoms with van der Waals surface area (Å²) >= 11 is 0. The van der Waals surface area contributed by atoms with Crippen LogP contribution in [0.25, 0.3) is 6.08 Å². The van der Waals surface area contributed by atoms with Crippen molar-refractivity contribution in [3.05, 3.63) is 103 Å². The Bertz CT molecular complexity index is 3480. The zero-order valence-corrected chi connectivity index (χ0v) is 59.4. The van der Waals surface area contributed by atoms with E-state index in [0.717, 1.165) is 5.56 Å². The van der Waals surface area contributed by atoms with Crippen LogP contribution < -0.4 is 21.3 Å². The SMILES string of the molecule is C=C(C)C(=O)NCCC(=O)OC1C(=O)OCC1(C)C.C=C(C)C(=O)NCCC(=O)OC1CCOC1=O.C=C(C)C(=O)NCCC(=O)OC1COC(=O)C1.C=C(C)C(=O)NCCOC(=O)CCC(=O)OC1COC(=O)C1.C=C(C)C(=O)OC1CC(=O)OC1=O.C=Cc1ccc(C(=O)OC2COC(=O)C2)cc1. The first-order valence-electron chi connectivity index (χ1n) is 32.3. The minimum Gasteiger partial charge on any atom is -0.464 e. The number of benzene rings is 1. The van der Waals surface area contributed by atoms with Crippen molar-refractivity contribution in [3.8, 4) is 0 Å². The standard InChI is InChI=1S/C14H19NO7.C13H19NO5.C13H12O4.2C11H15NO5.C8H8O5/c1-9(2)14(19)15-5-6-20-11(16)3-4-12(17)22-10-7-13(18)21-8-10;1-8(2)11(16)14-6-5-9(15)19-10-12(17)18-7-13(10,3)4;1-2-9-3-5-10(6-4-9)13(15)17-11-7-12(14)16-8-11;1-7(2)10(14)12-5-3-9(13)17-8-4-6-16-11(8)15;1-7(2)11(15)12-4-3-9(13)17-8-5-10(14)16-6-8;1-4(2)7(10)12-5-3-6(9)13-8(5)11/h10H,1,3-8H2,2H3,(H,15,19);10H,1,5-7H2,2-4H3,(H,14,16);2-6,11H,1,7-8H2;8H,1,3-6H2,2H3,(H,12,14);8H,1,3-6H2,2H3,(H,12,15);5H,1,3H2,2H3. The van der Waals surface area contributed by atoms with Gasteiger partial charge in [-0.3, -0.25) is 62.3 Å². The Morgan fingerprint density at radius 3 is 1.25 bits per heavy atom. The molecule has 0 spiro atoms. The fraction of sp³-hybridized carbons (Fsp3) is 0.486. The Kier molecular flexibility index (Phi) is 39.2. The van der Waals surface area contributed by atoms with Crippen molar-refractivity contribution in [2.75, 3.05) is 65.8 Å². The van der Waals surface area contributed by atoms with Crippen LogP contribution in [0.3, 0.4) is 0 Å². The van der Waals surface area contributed by atoms with Crippen molar-refractivity contribution in [1.29, 1.82) is 0 Å². The molecule has 6 unspecified atom stereocenters. The van der Waals surface area contributed by atoms with Gasteiger partial charge in [0.05, 0.1) is 76.5 Å². The summed E-state index contributed by atoms with van der Waals surface area (Å²) in [4.78, 5) is 200. The maximum atomic E-state index is 11.7. The van der Waals surface area contributed by atoms with Gasteiger partial charge in [0.2, 0.25) is 41.9 Å². The van der Waals surface area contributed by atoms with E-state index in [1.807, 2.05) is 0 Å². The van der Waals surface area contributed by atoms with Crippen LogP contribution >= 0.6 is 0 Å². The molecule has 6 atom stereocenters. The highest BCUT2D eigenvalue weighted by Crippen LogP contribution is 2.31. The van der Waals surface area contributed by atoms with Crippen LogP contribution in [-0.2, 0) is 143 Å². The first-order chi connectivity index (χ1) is 49.3. The smallest absolute Gasteiger partial charge is 0.355 e. The topological polar surface area (TPSA) is 475 Å². The molecule has 0 aromatic heterocycles. The van der Waals surface area contributed by atoms with Gasteiger partial charge in [-0.25, -0.2) is 24.0 Å². The second-order valence-electron chi connectivity index (χ2n) is 23.9. The summed E-state index contributed by atoms with van der Waals surface area (Å²) in [6.07, 6.45) is -2.35. The van der Waals surface area contributed by atoms with Gasteiger partial charge in [-0.05, 0) is 52.3 Å². The van der Waals surface area contributed by atoms with Crippen LogP contribution in [0, 0.1) is 5.41 Å². The molecule has 6 aliphatic rings. The molecule has 4 amide bonds. The molecule has 7 rings (SSSR count). The minimum absolute atomic E-state index is 0.00111. The molecule has 35 nitrogen and oxygen atoms in total. The highest BCUT2D eigenvalue weighted by Gasteiger charge is 2.46. The molecule has 35 heteroatoms. The van der Waals surface area contributed by atoms with E-state index in [-0.39, 0.29) is 165 Å². The van der Waals surface area contributed by atoms with E-state index in [2.05, 4.69) is 84.4 Å². The molecular formula is C70H88N4O31. The predicted octanol–water partition coefficient (Wildman–Crippen LogP) is 2.03. The number of nitrogens with one attached hydrogen (secondary N) is 4. The second-order valence-corrected chi connectivity index (χ2v) is 23.9. The van der Waals surface area contributed by atoms with Crippen molar-refractivity contribution in [2.45, 2.75) is 149 Å². The van der Waals surface area contributed by atoms with Crippen LogP contribution in [0.2, 0.25) is 0 Å². The summed E-state index contributed by atoms with van der Waals surface area (Å²) in [7, 11) is 0. The van der Waals surface area contributed by atoms with Crippen molar-refractivity contribution in [1.82, 2.24) is 21.3 Å². The second kappa shape index (κ2) is 46.0. The first-order valence-corrected chi connectivity index (χ1v) is 32.3. The lowest BCUT2D eigenvalue weighted by Crippen LogP contribution is -2.36. The summed E-state index contributed by atoms with van der Waals surface area (Å²) in [5.41, 5.74) is 2.53. The average molecular weight is 1480 g/mol. The molecule has 6 heterocycles. The molecule has 0 radical (unpaired) electrons. The monoisotopic (exact) mass is 1480 g/mol. The van der Waals surface area contributed by atoms with Crippen molar-refractivity contribution in [2.24, 2.45) is 5.41 Å². The number of cyclic esters (lactones) is 7. The molecule has 105 heavy (non-hydrogen) atoms. The van der Waals surface area contributed by atoms with Crippen LogP contribution in [-0.4, -0.2) is 210 Å². The zero-order chi connectivity index (χ0) is 79.1. The van der Waals surface area contributed by atoms with Crippen LogP contribution in [0.5, 0.6) is 0 Å². The lowest BCUT2D eigenvalue weighted by atomic mass is 9.90. The van der Waals surface area contributed by atoms with E-state index in [0.29, 0.717) is 34.3 Å². The number of carbonyl (C=O) groups is 18. The van der Waals surface area contributed by atoms with Crippen molar-refractivity contribution in [3.63, 3.8) is 0 Å². The molecule has 1 aromatic carbocycles. The number of hydrogen-bond acceptors (Lipinski definition) is 31. The van der Waals surface area contributed by atoms with E-state index in [1.165, 1.54) is 6.92 Å². The molecule has 4 N–H and O–H groups in total. The fourth-order valence-corrected chi connectivity index (χ4v) is 7.91. The van der Waals surface area contributed by atoms with Gasteiger partial charge >= 0.3 is 83.6 Å². The van der Waals surface area contributed by atoms with Crippen LogP contribution in [0.15, 0.2) is 91.6 Å². The molecular weight excluding hydrogens is 1390 g/mol. The summed E-state index contributed by atoms with van der Waals surface area (Å²) < 4.78 is 62.2. The summed E-state index contributed by atoms with van der Waals surface area (Å²) in [6.45, 7) is 33.6. The lowest BCUT2D eigenvalue weighted by Gasteiger charge is -2.21. The molecule has 0 aliphatic carbocycles. The van der Waals surface area contributed by atoms with Gasteiger partial charge < -0.3 is 82.8 Å². The van der Waals surface area contributed by atoms with Gasteiger partial charge in [0.1, 0.15) is 51.3 Å². The van der Waals surface area contributed by atoms with Crippen molar-refractivity contribution < 1.29 is 148 Å². The third kappa shape index (κ3) is 36.7.